The van der Waals surface area contributed by atoms with E-state index in [9.17, 15) is 9.90 Å². The predicted octanol–water partition coefficient (Wildman–Crippen LogP) is 5.02. The Morgan fingerprint density at radius 2 is 1.72 bits per heavy atom. The highest BCUT2D eigenvalue weighted by molar-refractivity contribution is 5.96. The quantitative estimate of drug-likeness (QED) is 0.478. The van der Waals surface area contributed by atoms with Crippen molar-refractivity contribution < 1.29 is 9.90 Å². The van der Waals surface area contributed by atoms with Crippen molar-refractivity contribution in [3.63, 3.8) is 0 Å². The SMILES string of the molecule is C#CCCc1nc2ccccc2n1Cc1ccc(-c2ccccc2C(=O)O)cc1. The summed E-state index contributed by atoms with van der Waals surface area (Å²) in [6.07, 6.45) is 6.83. The zero-order valence-corrected chi connectivity index (χ0v) is 15.9. The summed E-state index contributed by atoms with van der Waals surface area (Å²) in [7, 11) is 0. The Kier molecular flexibility index (Phi) is 5.13. The third-order valence-corrected chi connectivity index (χ3v) is 4.99. The fraction of sp³-hybridized carbons (Fsp3) is 0.120. The van der Waals surface area contributed by atoms with Crippen LogP contribution in [0.25, 0.3) is 22.2 Å². The number of hydrogen-bond acceptors (Lipinski definition) is 2. The molecule has 4 heteroatoms. The lowest BCUT2D eigenvalue weighted by molar-refractivity contribution is 0.0697. The molecule has 0 saturated carbocycles. The second kappa shape index (κ2) is 8.04. The maximum absolute atomic E-state index is 11.5. The lowest BCUT2D eigenvalue weighted by Crippen LogP contribution is -2.05. The van der Waals surface area contributed by atoms with Gasteiger partial charge in [0.2, 0.25) is 0 Å². The average Bonchev–Trinajstić information content (AvgIpc) is 3.10. The normalized spacial score (nSPS) is 10.7. The smallest absolute Gasteiger partial charge is 0.336 e. The van der Waals surface area contributed by atoms with E-state index in [-0.39, 0.29) is 0 Å². The molecular formula is C25H20N2O2. The Bertz CT molecular complexity index is 1210. The Morgan fingerprint density at radius 1 is 1.00 bits per heavy atom. The number of aromatic nitrogens is 2. The Balaban J connectivity index is 1.67. The van der Waals surface area contributed by atoms with Gasteiger partial charge in [0.05, 0.1) is 16.6 Å². The zero-order valence-electron chi connectivity index (χ0n) is 15.9. The monoisotopic (exact) mass is 380 g/mol. The first kappa shape index (κ1) is 18.5. The molecule has 0 fully saturated rings. The Labute approximate surface area is 169 Å². The topological polar surface area (TPSA) is 55.1 Å². The summed E-state index contributed by atoms with van der Waals surface area (Å²) >= 11 is 0. The number of nitrogens with zero attached hydrogens (tertiary/aromatic N) is 2. The minimum absolute atomic E-state index is 0.303. The highest BCUT2D eigenvalue weighted by Crippen LogP contribution is 2.25. The molecule has 0 bridgehead atoms. The van der Waals surface area contributed by atoms with Crippen LogP contribution >= 0.6 is 0 Å². The summed E-state index contributed by atoms with van der Waals surface area (Å²) in [6.45, 7) is 0.682. The first-order chi connectivity index (χ1) is 14.2. The van der Waals surface area contributed by atoms with Gasteiger partial charge in [-0.3, -0.25) is 0 Å². The van der Waals surface area contributed by atoms with Gasteiger partial charge in [0, 0.05) is 19.4 Å². The highest BCUT2D eigenvalue weighted by atomic mass is 16.4. The molecule has 1 N–H and O–H groups in total. The van der Waals surface area contributed by atoms with Gasteiger partial charge in [-0.05, 0) is 34.9 Å². The van der Waals surface area contributed by atoms with Crippen molar-refractivity contribution >= 4 is 17.0 Å². The first-order valence-electron chi connectivity index (χ1n) is 9.46. The third-order valence-electron chi connectivity index (χ3n) is 4.99. The molecule has 0 aliphatic rings. The molecule has 0 aliphatic heterocycles. The fourth-order valence-corrected chi connectivity index (χ4v) is 3.57. The van der Waals surface area contributed by atoms with E-state index in [1.54, 1.807) is 12.1 Å². The average molecular weight is 380 g/mol. The number of terminal acetylenes is 1. The summed E-state index contributed by atoms with van der Waals surface area (Å²) < 4.78 is 2.20. The van der Waals surface area contributed by atoms with Crippen molar-refractivity contribution in [3.8, 4) is 23.5 Å². The van der Waals surface area contributed by atoms with Crippen molar-refractivity contribution in [2.75, 3.05) is 0 Å². The lowest BCUT2D eigenvalue weighted by atomic mass is 9.99. The summed E-state index contributed by atoms with van der Waals surface area (Å²) in [4.78, 5) is 16.2. The number of carbonyl (C=O) groups is 1. The third kappa shape index (κ3) is 3.76. The van der Waals surface area contributed by atoms with Gasteiger partial charge in [0.1, 0.15) is 5.82 Å². The molecule has 0 spiro atoms. The molecular weight excluding hydrogens is 360 g/mol. The van der Waals surface area contributed by atoms with Crippen molar-refractivity contribution in [3.05, 3.63) is 89.7 Å². The summed E-state index contributed by atoms with van der Waals surface area (Å²) in [6, 6.07) is 23.1. The number of hydrogen-bond donors (Lipinski definition) is 1. The maximum atomic E-state index is 11.5. The number of para-hydroxylation sites is 2. The van der Waals surface area contributed by atoms with E-state index in [0.29, 0.717) is 24.1 Å². The molecule has 0 saturated heterocycles. The van der Waals surface area contributed by atoms with Crippen LogP contribution in [0.2, 0.25) is 0 Å². The van der Waals surface area contributed by atoms with E-state index in [2.05, 4.69) is 16.6 Å². The van der Waals surface area contributed by atoms with Crippen LogP contribution in [0.1, 0.15) is 28.2 Å². The molecule has 1 heterocycles. The van der Waals surface area contributed by atoms with E-state index < -0.39 is 5.97 Å². The molecule has 0 radical (unpaired) electrons. The van der Waals surface area contributed by atoms with Gasteiger partial charge >= 0.3 is 5.97 Å². The number of aromatic carboxylic acids is 1. The number of fused-ring (bicyclic) bond motifs is 1. The molecule has 0 unspecified atom stereocenters. The van der Waals surface area contributed by atoms with E-state index in [0.717, 1.165) is 34.4 Å². The summed E-state index contributed by atoms with van der Waals surface area (Å²) in [5, 5.41) is 9.43. The number of carboxylic acid groups (broad SMARTS) is 1. The van der Waals surface area contributed by atoms with Crippen LogP contribution in [0, 0.1) is 12.3 Å². The van der Waals surface area contributed by atoms with Crippen LogP contribution in [0.4, 0.5) is 0 Å². The molecule has 0 aliphatic carbocycles. The van der Waals surface area contributed by atoms with E-state index in [4.69, 9.17) is 11.4 Å². The highest BCUT2D eigenvalue weighted by Gasteiger charge is 2.12. The second-order valence-corrected chi connectivity index (χ2v) is 6.85. The zero-order chi connectivity index (χ0) is 20.2. The second-order valence-electron chi connectivity index (χ2n) is 6.85. The molecule has 4 nitrogen and oxygen atoms in total. The predicted molar refractivity (Wildman–Crippen MR) is 115 cm³/mol. The standard InChI is InChI=1S/C25H20N2O2/c1-2-3-12-24-26-22-10-6-7-11-23(22)27(24)17-18-13-15-19(16-14-18)20-8-4-5-9-21(20)25(28)29/h1,4-11,13-16H,3,12,17H2,(H,28,29). The molecule has 4 aromatic rings. The van der Waals surface area contributed by atoms with Crippen molar-refractivity contribution in [1.82, 2.24) is 9.55 Å². The summed E-state index contributed by atoms with van der Waals surface area (Å²) in [5.41, 5.74) is 5.07. The minimum Gasteiger partial charge on any atom is -0.478 e. The Morgan fingerprint density at radius 3 is 2.48 bits per heavy atom. The molecule has 4 rings (SSSR count). The maximum Gasteiger partial charge on any atom is 0.336 e. The van der Waals surface area contributed by atoms with E-state index in [1.165, 1.54) is 0 Å². The van der Waals surface area contributed by atoms with Gasteiger partial charge in [0.25, 0.3) is 0 Å². The van der Waals surface area contributed by atoms with E-state index >= 15 is 0 Å². The van der Waals surface area contributed by atoms with E-state index in [1.807, 2.05) is 54.6 Å². The number of benzene rings is 3. The minimum atomic E-state index is -0.923. The van der Waals surface area contributed by atoms with Gasteiger partial charge in [-0.25, -0.2) is 9.78 Å². The van der Waals surface area contributed by atoms with Crippen LogP contribution in [-0.2, 0) is 13.0 Å². The van der Waals surface area contributed by atoms with Crippen molar-refractivity contribution in [2.45, 2.75) is 19.4 Å². The largest absolute Gasteiger partial charge is 0.478 e. The molecule has 142 valence electrons. The van der Waals surface area contributed by atoms with Gasteiger partial charge in [-0.15, -0.1) is 12.3 Å². The van der Waals surface area contributed by atoms with Gasteiger partial charge in [-0.1, -0.05) is 54.6 Å². The molecule has 0 atom stereocenters. The van der Waals surface area contributed by atoms with Crippen molar-refractivity contribution in [1.29, 1.82) is 0 Å². The molecule has 1 aromatic heterocycles. The van der Waals surface area contributed by atoms with Gasteiger partial charge in [-0.2, -0.15) is 0 Å². The molecule has 0 amide bonds. The van der Waals surface area contributed by atoms with Crippen LogP contribution < -0.4 is 0 Å². The number of aryl methyl sites for hydroxylation is 1. The first-order valence-corrected chi connectivity index (χ1v) is 9.46. The van der Waals surface area contributed by atoms with Crippen LogP contribution in [0.3, 0.4) is 0 Å². The molecule has 3 aromatic carbocycles. The van der Waals surface area contributed by atoms with Crippen LogP contribution in [0.15, 0.2) is 72.8 Å². The summed E-state index contributed by atoms with van der Waals surface area (Å²) in [5.74, 6) is 2.74. The number of rotatable bonds is 6. The molecule has 29 heavy (non-hydrogen) atoms. The van der Waals surface area contributed by atoms with Gasteiger partial charge < -0.3 is 9.67 Å². The van der Waals surface area contributed by atoms with Gasteiger partial charge in [0.15, 0.2) is 0 Å². The van der Waals surface area contributed by atoms with Crippen molar-refractivity contribution in [2.24, 2.45) is 0 Å². The Hall–Kier alpha value is -3.84. The van der Waals surface area contributed by atoms with Crippen LogP contribution in [0.5, 0.6) is 0 Å². The van der Waals surface area contributed by atoms with Crippen LogP contribution in [-0.4, -0.2) is 20.6 Å². The number of imidazole rings is 1. The fourth-order valence-electron chi connectivity index (χ4n) is 3.57. The lowest BCUT2D eigenvalue weighted by Gasteiger charge is -2.11. The number of carboxylic acids is 1.